The first-order valence-electron chi connectivity index (χ1n) is 20.6. The lowest BCUT2D eigenvalue weighted by atomic mass is 9.84. The Balaban J connectivity index is 0.000000146. The number of Topliss-reactive ketones (excluding diaryl/α,β-unsaturated/α-hetero) is 1. The van der Waals surface area contributed by atoms with Gasteiger partial charge in [0.05, 0.1) is 17.5 Å². The fourth-order valence-electron chi connectivity index (χ4n) is 10.9. The van der Waals surface area contributed by atoms with Gasteiger partial charge in [-0.2, -0.15) is 0 Å². The van der Waals surface area contributed by atoms with E-state index in [0.29, 0.717) is 64.7 Å². The van der Waals surface area contributed by atoms with Gasteiger partial charge in [0.1, 0.15) is 33.4 Å². The minimum Gasteiger partial charge on any atom is -0.374 e. The van der Waals surface area contributed by atoms with E-state index in [1.807, 2.05) is 19.3 Å². The Hall–Kier alpha value is -4.33. The van der Waals surface area contributed by atoms with E-state index < -0.39 is 0 Å². The summed E-state index contributed by atoms with van der Waals surface area (Å²) in [7, 11) is 0. The average molecular weight is 857 g/mol. The molecule has 4 aromatic heterocycles. The van der Waals surface area contributed by atoms with Crippen molar-refractivity contribution in [2.24, 2.45) is 47.3 Å². The van der Waals surface area contributed by atoms with Crippen molar-refractivity contribution in [1.29, 1.82) is 0 Å². The van der Waals surface area contributed by atoms with E-state index in [1.54, 1.807) is 35.3 Å². The number of ketones is 1. The third-order valence-electron chi connectivity index (χ3n) is 13.8. The van der Waals surface area contributed by atoms with Crippen molar-refractivity contribution >= 4 is 72.2 Å². The number of aromatic nitrogens is 6. The number of carbonyl (C=O) groups is 2. The molecule has 2 N–H and O–H groups in total. The lowest BCUT2D eigenvalue weighted by Gasteiger charge is -2.20. The second-order valence-electron chi connectivity index (χ2n) is 17.1. The van der Waals surface area contributed by atoms with E-state index in [0.717, 1.165) is 78.2 Å². The van der Waals surface area contributed by atoms with Gasteiger partial charge in [0.15, 0.2) is 0 Å². The number of hydrogen-bond acceptors (Lipinski definition) is 11. The average Bonchev–Trinajstić information content (AvgIpc) is 4.08. The Kier molecular flexibility index (Phi) is 12.7. The molecule has 2 aromatic carbocycles. The summed E-state index contributed by atoms with van der Waals surface area (Å²) in [5.41, 5.74) is 12.6. The number of fused-ring (bicyclic) bond motifs is 4. The number of halogens is 3. The standard InChI is InChI=1S/C23H24FN3OS.C20H21ClFNO.C2H3N3S/c1-13(22(28)11-23-27-26-12-29-23)14-6-15-8-17(9-16(15)7-14)19-4-5-25-21-3-2-18(24)10-20(19)21;1-11(20(21)24)12-6-13-8-15(9-14(13)7-12)17-4-5-23-19-3-2-16(22)10-18(17)19;3-2-5-4-1-6-2/h2-5,10,12-17H,6-9,11H2,1H3;2-5,10-15H,6-9H2,1H3;1H,(H2,3,5)/t13?,14?,15-,16+,17?;11?,12?,13-,14+,15?;. The van der Waals surface area contributed by atoms with Gasteiger partial charge in [0.2, 0.25) is 10.4 Å². The summed E-state index contributed by atoms with van der Waals surface area (Å²) in [4.78, 5) is 32.9. The van der Waals surface area contributed by atoms with E-state index in [9.17, 15) is 18.4 Å². The van der Waals surface area contributed by atoms with E-state index in [-0.39, 0.29) is 28.7 Å². The molecular weight excluding hydrogens is 808 g/mol. The Morgan fingerprint density at radius 3 is 1.58 bits per heavy atom. The Labute approximate surface area is 355 Å². The monoisotopic (exact) mass is 855 g/mol. The highest BCUT2D eigenvalue weighted by atomic mass is 35.5. The van der Waals surface area contributed by atoms with Crippen LogP contribution in [0.1, 0.15) is 93.2 Å². The molecule has 308 valence electrons. The first kappa shape index (κ1) is 41.4. The first-order chi connectivity index (χ1) is 28.5. The van der Waals surface area contributed by atoms with E-state index in [4.69, 9.17) is 17.3 Å². The van der Waals surface area contributed by atoms with Gasteiger partial charge in [0.25, 0.3) is 0 Å². The van der Waals surface area contributed by atoms with Crippen LogP contribution in [0.5, 0.6) is 0 Å². The topological polar surface area (TPSA) is 138 Å². The number of nitrogens with zero attached hydrogens (tertiary/aromatic N) is 6. The molecule has 4 saturated carbocycles. The van der Waals surface area contributed by atoms with Gasteiger partial charge >= 0.3 is 0 Å². The van der Waals surface area contributed by atoms with Crippen molar-refractivity contribution in [3.63, 3.8) is 0 Å². The van der Waals surface area contributed by atoms with Crippen LogP contribution in [-0.4, -0.2) is 41.4 Å². The second-order valence-corrected chi connectivity index (χ2v) is 19.3. The van der Waals surface area contributed by atoms with Crippen LogP contribution < -0.4 is 5.73 Å². The van der Waals surface area contributed by atoms with E-state index in [1.165, 1.54) is 45.9 Å². The summed E-state index contributed by atoms with van der Waals surface area (Å²) in [6, 6.07) is 13.8. The van der Waals surface area contributed by atoms with Crippen molar-refractivity contribution < 1.29 is 18.4 Å². The summed E-state index contributed by atoms with van der Waals surface area (Å²) < 4.78 is 27.5. The molecule has 0 aliphatic heterocycles. The summed E-state index contributed by atoms with van der Waals surface area (Å²) in [5.74, 6) is 4.42. The van der Waals surface area contributed by atoms with Crippen LogP contribution in [0.2, 0.25) is 0 Å². The van der Waals surface area contributed by atoms with Crippen LogP contribution in [0.4, 0.5) is 13.9 Å². The molecule has 10 rings (SSSR count). The van der Waals surface area contributed by atoms with Gasteiger partial charge in [0, 0.05) is 35.0 Å². The Morgan fingerprint density at radius 2 is 1.17 bits per heavy atom. The van der Waals surface area contributed by atoms with Crippen molar-refractivity contribution in [2.75, 3.05) is 5.73 Å². The normalized spacial score (nSPS) is 26.7. The molecule has 14 heteroatoms. The molecule has 6 unspecified atom stereocenters. The summed E-state index contributed by atoms with van der Waals surface area (Å²) in [6.45, 7) is 4.05. The van der Waals surface area contributed by atoms with E-state index >= 15 is 0 Å². The molecule has 0 bridgehead atoms. The fraction of sp³-hybridized carbons (Fsp3) is 0.467. The maximum Gasteiger partial charge on any atom is 0.224 e. The predicted octanol–water partition coefficient (Wildman–Crippen LogP) is 10.6. The second kappa shape index (κ2) is 18.1. The molecule has 0 spiro atoms. The van der Waals surface area contributed by atoms with Gasteiger partial charge in [-0.3, -0.25) is 19.6 Å². The van der Waals surface area contributed by atoms with Crippen LogP contribution >= 0.6 is 34.3 Å². The molecule has 9 nitrogen and oxygen atoms in total. The smallest absolute Gasteiger partial charge is 0.224 e. The maximum atomic E-state index is 13.8. The third kappa shape index (κ3) is 9.37. The van der Waals surface area contributed by atoms with Gasteiger partial charge in [-0.05, 0) is 170 Å². The molecule has 6 aromatic rings. The van der Waals surface area contributed by atoms with Crippen molar-refractivity contribution in [2.45, 2.75) is 83.5 Å². The van der Waals surface area contributed by atoms with Crippen LogP contribution in [-0.2, 0) is 16.0 Å². The molecule has 0 amide bonds. The largest absolute Gasteiger partial charge is 0.374 e. The number of hydrogen-bond donors (Lipinski definition) is 1. The van der Waals surface area contributed by atoms with Gasteiger partial charge < -0.3 is 5.73 Å². The molecule has 4 aliphatic carbocycles. The van der Waals surface area contributed by atoms with Gasteiger partial charge in [-0.25, -0.2) is 8.78 Å². The molecule has 4 fully saturated rings. The van der Waals surface area contributed by atoms with Gasteiger partial charge in [-0.1, -0.05) is 25.2 Å². The molecule has 59 heavy (non-hydrogen) atoms. The van der Waals surface area contributed by atoms with E-state index in [2.05, 4.69) is 49.4 Å². The minimum atomic E-state index is -0.204. The zero-order valence-corrected chi connectivity index (χ0v) is 35.5. The molecule has 0 saturated heterocycles. The fourth-order valence-corrected chi connectivity index (χ4v) is 11.9. The number of benzene rings is 2. The number of nitrogen functional groups attached to an aromatic ring is 1. The highest BCUT2D eigenvalue weighted by molar-refractivity contribution is 7.13. The highest BCUT2D eigenvalue weighted by Gasteiger charge is 2.46. The quantitative estimate of drug-likeness (QED) is 0.148. The molecule has 10 atom stereocenters. The SMILES string of the molecule is CC(C(=O)Cc1nncs1)C1C[C@H]2CC(c3ccnc4ccc(F)cc34)C[C@H]2C1.CC(C(=O)Cl)C1C[C@H]2CC(c3ccnc4ccc(F)cc34)C[C@H]2C1.Nc1nncs1. The van der Waals surface area contributed by atoms with Crippen LogP contribution in [0.3, 0.4) is 0 Å². The van der Waals surface area contributed by atoms with Gasteiger partial charge in [-0.15, -0.1) is 31.7 Å². The third-order valence-corrected chi connectivity index (χ3v) is 15.4. The van der Waals surface area contributed by atoms with Crippen LogP contribution in [0, 0.1) is 59.0 Å². The zero-order chi connectivity index (χ0) is 41.2. The van der Waals surface area contributed by atoms with Crippen LogP contribution in [0.15, 0.2) is 71.9 Å². The molecule has 0 radical (unpaired) electrons. The maximum absolute atomic E-state index is 13.8. The number of pyridine rings is 2. The van der Waals surface area contributed by atoms with Crippen molar-refractivity contribution in [3.8, 4) is 0 Å². The Bertz CT molecular complexity index is 2380. The van der Waals surface area contributed by atoms with Crippen LogP contribution in [0.25, 0.3) is 21.8 Å². The Morgan fingerprint density at radius 1 is 0.695 bits per heavy atom. The lowest BCUT2D eigenvalue weighted by Crippen LogP contribution is -2.21. The minimum absolute atomic E-state index is 0.0356. The number of carbonyl (C=O) groups excluding carboxylic acids is 2. The number of nitrogens with two attached hydrogens (primary N) is 1. The molecular formula is C45H48ClF2N7O2S2. The highest BCUT2D eigenvalue weighted by Crippen LogP contribution is 2.56. The number of rotatable bonds is 8. The summed E-state index contributed by atoms with van der Waals surface area (Å²) >= 11 is 8.47. The summed E-state index contributed by atoms with van der Waals surface area (Å²) in [6.07, 6.45) is 13.1. The molecule has 4 aliphatic rings. The first-order valence-corrected chi connectivity index (χ1v) is 22.7. The van der Waals surface area contributed by atoms with Crippen molar-refractivity contribution in [1.82, 2.24) is 30.4 Å². The zero-order valence-electron chi connectivity index (χ0n) is 33.1. The molecule has 4 heterocycles. The lowest BCUT2D eigenvalue weighted by molar-refractivity contribution is -0.123. The van der Waals surface area contributed by atoms with Crippen molar-refractivity contribution in [3.05, 3.63) is 99.7 Å². The number of anilines is 1. The summed E-state index contributed by atoms with van der Waals surface area (Å²) in [5, 5.41) is 17.8. The predicted molar refractivity (Wildman–Crippen MR) is 229 cm³/mol.